The van der Waals surface area contributed by atoms with Gasteiger partial charge in [0, 0.05) is 0 Å². The van der Waals surface area contributed by atoms with Gasteiger partial charge in [-0.15, -0.1) is 0 Å². The van der Waals surface area contributed by atoms with Gasteiger partial charge in [-0.3, -0.25) is 0 Å². The summed E-state index contributed by atoms with van der Waals surface area (Å²) < 4.78 is 0. The molecule has 3 aliphatic carbocycles. The van der Waals surface area contributed by atoms with Gasteiger partial charge in [-0.05, 0) is 31.1 Å². The maximum atomic E-state index is 2.38. The summed E-state index contributed by atoms with van der Waals surface area (Å²) in [5, 5.41) is 0. The van der Waals surface area contributed by atoms with Crippen molar-refractivity contribution in [3.8, 4) is 0 Å². The molecule has 0 aromatic rings. The molecule has 3 aliphatic rings. The molecule has 3 rings (SSSR count). The summed E-state index contributed by atoms with van der Waals surface area (Å²) in [5.41, 5.74) is 0. The van der Waals surface area contributed by atoms with Crippen LogP contribution in [-0.4, -0.2) is 0 Å². The standard InChI is InChI=1S/C7H10.C2H6/c1-2-6-4-7(3-1)5-6;1-2/h1-2,6-7H,3-5H2;1-2H3. The van der Waals surface area contributed by atoms with Gasteiger partial charge in [0.2, 0.25) is 0 Å². The van der Waals surface area contributed by atoms with Gasteiger partial charge in [-0.1, -0.05) is 26.0 Å². The van der Waals surface area contributed by atoms with Crippen LogP contribution in [0.25, 0.3) is 0 Å². The number of allylic oxidation sites excluding steroid dienone is 2. The van der Waals surface area contributed by atoms with Crippen molar-refractivity contribution in [2.45, 2.75) is 33.1 Å². The first kappa shape index (κ1) is 6.85. The van der Waals surface area contributed by atoms with E-state index in [4.69, 9.17) is 0 Å². The highest BCUT2D eigenvalue weighted by Crippen LogP contribution is 2.40. The summed E-state index contributed by atoms with van der Waals surface area (Å²) in [4.78, 5) is 0. The van der Waals surface area contributed by atoms with Crippen LogP contribution < -0.4 is 0 Å². The Morgan fingerprint density at radius 2 is 1.89 bits per heavy atom. The third kappa shape index (κ3) is 1.35. The second kappa shape index (κ2) is 3.05. The third-order valence-electron chi connectivity index (χ3n) is 2.15. The fourth-order valence-corrected chi connectivity index (χ4v) is 1.60. The molecule has 9 heavy (non-hydrogen) atoms. The van der Waals surface area contributed by atoms with Gasteiger partial charge >= 0.3 is 0 Å². The first-order valence-electron chi connectivity index (χ1n) is 4.12. The minimum absolute atomic E-state index is 0.999. The second-order valence-electron chi connectivity index (χ2n) is 2.76. The summed E-state index contributed by atoms with van der Waals surface area (Å²) in [5.74, 6) is 2.09. The maximum absolute atomic E-state index is 2.38. The number of hydrogen-bond acceptors (Lipinski definition) is 0. The van der Waals surface area contributed by atoms with E-state index < -0.39 is 0 Å². The van der Waals surface area contributed by atoms with Crippen molar-refractivity contribution in [2.75, 3.05) is 0 Å². The molecule has 0 spiro atoms. The van der Waals surface area contributed by atoms with Crippen LogP contribution >= 0.6 is 0 Å². The minimum atomic E-state index is 0.999. The Morgan fingerprint density at radius 3 is 2.00 bits per heavy atom. The predicted octanol–water partition coefficient (Wildman–Crippen LogP) is 3.00. The quantitative estimate of drug-likeness (QED) is 0.435. The van der Waals surface area contributed by atoms with E-state index in [2.05, 4.69) is 12.2 Å². The monoisotopic (exact) mass is 124 g/mol. The zero-order valence-electron chi connectivity index (χ0n) is 6.43. The highest BCUT2D eigenvalue weighted by Gasteiger charge is 2.28. The van der Waals surface area contributed by atoms with Crippen LogP contribution in [0.2, 0.25) is 0 Å². The van der Waals surface area contributed by atoms with Crippen molar-refractivity contribution in [3.63, 3.8) is 0 Å². The normalized spacial score (nSPS) is 36.2. The summed E-state index contributed by atoms with van der Waals surface area (Å²) in [6.45, 7) is 4.00. The zero-order chi connectivity index (χ0) is 6.69. The molecular formula is C9H16. The molecule has 0 N–H and O–H groups in total. The molecule has 0 heterocycles. The largest absolute Gasteiger partial charge is 0.0880 e. The van der Waals surface area contributed by atoms with Crippen molar-refractivity contribution in [3.05, 3.63) is 12.2 Å². The lowest BCUT2D eigenvalue weighted by atomic mass is 9.69. The Morgan fingerprint density at radius 1 is 1.22 bits per heavy atom. The molecular weight excluding hydrogens is 108 g/mol. The van der Waals surface area contributed by atoms with Crippen LogP contribution in [-0.2, 0) is 0 Å². The number of rotatable bonds is 0. The van der Waals surface area contributed by atoms with E-state index in [-0.39, 0.29) is 0 Å². The molecule has 0 aromatic carbocycles. The molecule has 0 radical (unpaired) electrons. The SMILES string of the molecule is C1=CC2CC(C1)C2.CC. The lowest BCUT2D eigenvalue weighted by molar-refractivity contribution is 0.225. The molecule has 0 aromatic heterocycles. The molecule has 0 heteroatoms. The fourth-order valence-electron chi connectivity index (χ4n) is 1.60. The summed E-state index contributed by atoms with van der Waals surface area (Å²) >= 11 is 0. The Balaban J connectivity index is 0.000000186. The average Bonchev–Trinajstić information content (AvgIpc) is 1.93. The molecule has 2 bridgehead atoms. The van der Waals surface area contributed by atoms with Gasteiger partial charge in [0.05, 0.1) is 0 Å². The lowest BCUT2D eigenvalue weighted by Crippen LogP contribution is -2.24. The van der Waals surface area contributed by atoms with Crippen molar-refractivity contribution in [1.29, 1.82) is 0 Å². The maximum Gasteiger partial charge on any atom is -0.0228 e. The molecule has 0 amide bonds. The van der Waals surface area contributed by atoms with Crippen LogP contribution in [0.3, 0.4) is 0 Å². The van der Waals surface area contributed by atoms with Gasteiger partial charge in [0.25, 0.3) is 0 Å². The molecule has 1 saturated carbocycles. The van der Waals surface area contributed by atoms with Crippen molar-refractivity contribution in [1.82, 2.24) is 0 Å². The van der Waals surface area contributed by atoms with Crippen LogP contribution in [0.15, 0.2) is 12.2 Å². The highest BCUT2D eigenvalue weighted by atomic mass is 14.3. The summed E-state index contributed by atoms with van der Waals surface area (Å²) in [7, 11) is 0. The Bertz CT molecular complexity index is 96.6. The van der Waals surface area contributed by atoms with Crippen molar-refractivity contribution in [2.24, 2.45) is 11.8 Å². The topological polar surface area (TPSA) is 0 Å². The summed E-state index contributed by atoms with van der Waals surface area (Å²) in [6, 6.07) is 0. The van der Waals surface area contributed by atoms with Crippen LogP contribution in [0, 0.1) is 11.8 Å². The Hall–Kier alpha value is -0.260. The van der Waals surface area contributed by atoms with E-state index >= 15 is 0 Å². The molecule has 0 aliphatic heterocycles. The average molecular weight is 124 g/mol. The van der Waals surface area contributed by atoms with Gasteiger partial charge in [-0.2, -0.15) is 0 Å². The number of fused-ring (bicyclic) bond motifs is 1. The van der Waals surface area contributed by atoms with E-state index in [0.29, 0.717) is 0 Å². The van der Waals surface area contributed by atoms with Gasteiger partial charge in [0.1, 0.15) is 0 Å². The van der Waals surface area contributed by atoms with Crippen molar-refractivity contribution >= 4 is 0 Å². The molecule has 0 atom stereocenters. The van der Waals surface area contributed by atoms with Crippen LogP contribution in [0.1, 0.15) is 33.1 Å². The van der Waals surface area contributed by atoms with Gasteiger partial charge < -0.3 is 0 Å². The first-order chi connectivity index (χ1) is 4.45. The van der Waals surface area contributed by atoms with E-state index in [1.165, 1.54) is 19.3 Å². The first-order valence-corrected chi connectivity index (χ1v) is 4.12. The van der Waals surface area contributed by atoms with Crippen molar-refractivity contribution < 1.29 is 0 Å². The summed E-state index contributed by atoms with van der Waals surface area (Å²) in [6.07, 6.45) is 9.08. The second-order valence-corrected chi connectivity index (χ2v) is 2.76. The Labute approximate surface area is 58.0 Å². The smallest absolute Gasteiger partial charge is 0.0228 e. The van der Waals surface area contributed by atoms with E-state index in [9.17, 15) is 0 Å². The van der Waals surface area contributed by atoms with E-state index in [0.717, 1.165) is 11.8 Å². The van der Waals surface area contributed by atoms with Crippen LogP contribution in [0.4, 0.5) is 0 Å². The third-order valence-corrected chi connectivity index (χ3v) is 2.15. The molecule has 0 nitrogen and oxygen atoms in total. The Kier molecular flexibility index (Phi) is 2.32. The highest BCUT2D eigenvalue weighted by molar-refractivity contribution is 5.03. The van der Waals surface area contributed by atoms with Crippen LogP contribution in [0.5, 0.6) is 0 Å². The number of hydrogen-bond donors (Lipinski definition) is 0. The molecule has 0 saturated heterocycles. The molecule has 52 valence electrons. The van der Waals surface area contributed by atoms with Gasteiger partial charge in [0.15, 0.2) is 0 Å². The van der Waals surface area contributed by atoms with Gasteiger partial charge in [-0.25, -0.2) is 0 Å². The minimum Gasteiger partial charge on any atom is -0.0880 e. The predicted molar refractivity (Wildman–Crippen MR) is 41.3 cm³/mol. The van der Waals surface area contributed by atoms with E-state index in [1.54, 1.807) is 0 Å². The molecule has 0 unspecified atom stereocenters. The van der Waals surface area contributed by atoms with E-state index in [1.807, 2.05) is 13.8 Å². The fraction of sp³-hybridized carbons (Fsp3) is 0.778. The lowest BCUT2D eigenvalue weighted by Gasteiger charge is -2.36. The zero-order valence-corrected chi connectivity index (χ0v) is 6.43. The molecule has 1 fully saturated rings.